The number of nitrogens with zero attached hydrogens (tertiary/aromatic N) is 2. The lowest BCUT2D eigenvalue weighted by atomic mass is 9.75. The summed E-state index contributed by atoms with van der Waals surface area (Å²) >= 11 is 1.65. The van der Waals surface area contributed by atoms with Crippen LogP contribution in [0.15, 0.2) is 60.9 Å². The fraction of sp³-hybridized carbons (Fsp3) is 0.321. The monoisotopic (exact) mass is 473 g/mol. The average molecular weight is 474 g/mol. The van der Waals surface area contributed by atoms with E-state index in [0.717, 1.165) is 52.0 Å². The van der Waals surface area contributed by atoms with Gasteiger partial charge in [0.15, 0.2) is 0 Å². The molecule has 6 heteroatoms. The van der Waals surface area contributed by atoms with E-state index in [1.54, 1.807) is 23.5 Å². The van der Waals surface area contributed by atoms with Crippen molar-refractivity contribution in [3.63, 3.8) is 0 Å². The maximum absolute atomic E-state index is 13.9. The lowest BCUT2D eigenvalue weighted by molar-refractivity contribution is 0.0918. The van der Waals surface area contributed by atoms with Crippen LogP contribution in [-0.4, -0.2) is 21.9 Å². The van der Waals surface area contributed by atoms with E-state index in [-0.39, 0.29) is 17.8 Å². The third kappa shape index (κ3) is 4.73. The van der Waals surface area contributed by atoms with Gasteiger partial charge in [-0.1, -0.05) is 12.1 Å². The molecule has 0 saturated heterocycles. The highest BCUT2D eigenvalue weighted by molar-refractivity contribution is 7.15. The third-order valence-electron chi connectivity index (χ3n) is 7.07. The summed E-state index contributed by atoms with van der Waals surface area (Å²) in [4.78, 5) is 22.7. The van der Waals surface area contributed by atoms with Gasteiger partial charge < -0.3 is 5.32 Å². The van der Waals surface area contributed by atoms with E-state index in [1.807, 2.05) is 49.6 Å². The summed E-state index contributed by atoms with van der Waals surface area (Å²) in [6, 6.07) is 14.7. The lowest BCUT2D eigenvalue weighted by Gasteiger charge is -2.33. The van der Waals surface area contributed by atoms with Gasteiger partial charge in [0.1, 0.15) is 5.82 Å². The maximum atomic E-state index is 13.9. The predicted molar refractivity (Wildman–Crippen MR) is 136 cm³/mol. The molecule has 1 aliphatic rings. The minimum absolute atomic E-state index is 0.0303. The zero-order chi connectivity index (χ0) is 23.7. The van der Waals surface area contributed by atoms with E-state index >= 15 is 0 Å². The van der Waals surface area contributed by atoms with Crippen molar-refractivity contribution in [2.75, 3.05) is 0 Å². The molecule has 1 saturated carbocycles. The molecule has 0 aliphatic heterocycles. The Bertz CT molecular complexity index is 1310. The number of carbonyl (C=O) groups is 1. The molecule has 0 spiro atoms. The second-order valence-corrected chi connectivity index (χ2v) is 10.5. The van der Waals surface area contributed by atoms with Crippen LogP contribution in [0.2, 0.25) is 0 Å². The molecule has 0 unspecified atom stereocenters. The molecule has 2 aromatic heterocycles. The van der Waals surface area contributed by atoms with E-state index in [2.05, 4.69) is 22.2 Å². The molecule has 2 heterocycles. The van der Waals surface area contributed by atoms with Crippen molar-refractivity contribution >= 4 is 28.1 Å². The smallest absolute Gasteiger partial charge is 0.251 e. The van der Waals surface area contributed by atoms with Crippen LogP contribution in [0.5, 0.6) is 0 Å². The zero-order valence-electron chi connectivity index (χ0n) is 19.4. The molecule has 174 valence electrons. The molecule has 1 fully saturated rings. The number of amides is 1. The van der Waals surface area contributed by atoms with Crippen molar-refractivity contribution < 1.29 is 9.18 Å². The molecular weight excluding hydrogens is 445 g/mol. The van der Waals surface area contributed by atoms with E-state index < -0.39 is 0 Å². The van der Waals surface area contributed by atoms with Crippen LogP contribution in [-0.2, 0) is 0 Å². The van der Waals surface area contributed by atoms with Crippen LogP contribution >= 0.6 is 11.3 Å². The first-order valence-electron chi connectivity index (χ1n) is 11.9. The number of aryl methyl sites for hydroxylation is 1. The molecule has 4 aromatic rings. The van der Waals surface area contributed by atoms with Gasteiger partial charge in [-0.25, -0.2) is 9.37 Å². The first-order valence-corrected chi connectivity index (χ1v) is 12.7. The number of aromatic nitrogens is 2. The first kappa shape index (κ1) is 22.7. The minimum atomic E-state index is -0.220. The fourth-order valence-corrected chi connectivity index (χ4v) is 5.90. The molecule has 1 N–H and O–H groups in total. The summed E-state index contributed by atoms with van der Waals surface area (Å²) < 4.78 is 13.9. The number of rotatable bonds is 5. The van der Waals surface area contributed by atoms with Crippen molar-refractivity contribution in [3.05, 3.63) is 82.9 Å². The molecule has 4 nitrogen and oxygen atoms in total. The van der Waals surface area contributed by atoms with Gasteiger partial charge in [0.2, 0.25) is 0 Å². The summed E-state index contributed by atoms with van der Waals surface area (Å²) in [6.07, 6.45) is 7.83. The third-order valence-corrected chi connectivity index (χ3v) is 8.03. The first-order chi connectivity index (χ1) is 16.5. The zero-order valence-corrected chi connectivity index (χ0v) is 20.2. The molecule has 2 aromatic carbocycles. The number of hydrogen-bond acceptors (Lipinski definition) is 4. The standard InChI is InChI=1S/C28H28FN3OS/c1-17(32-28(33)22-9-7-21(8-10-22)27-16-31-18(2)34-27)19-3-5-20(6-4-19)24-13-14-30-26-12-11-23(29)15-25(24)26/h7-17,19-20H,3-6H2,1-2H3,(H,32,33)/t17-,19?,20?/m1/s1. The van der Waals surface area contributed by atoms with E-state index in [1.165, 1.54) is 11.6 Å². The highest BCUT2D eigenvalue weighted by Gasteiger charge is 2.28. The fourth-order valence-electron chi connectivity index (χ4n) is 5.11. The van der Waals surface area contributed by atoms with Gasteiger partial charge in [0.05, 0.1) is 15.4 Å². The number of thiazole rings is 1. The van der Waals surface area contributed by atoms with Crippen LogP contribution in [0.4, 0.5) is 4.39 Å². The minimum Gasteiger partial charge on any atom is -0.349 e. The lowest BCUT2D eigenvalue weighted by Crippen LogP contribution is -2.39. The molecule has 1 amide bonds. The summed E-state index contributed by atoms with van der Waals surface area (Å²) in [6.45, 7) is 4.10. The maximum Gasteiger partial charge on any atom is 0.251 e. The summed E-state index contributed by atoms with van der Waals surface area (Å²) in [5.74, 6) is 0.582. The summed E-state index contributed by atoms with van der Waals surface area (Å²) in [5.41, 5.74) is 3.79. The molecule has 1 atom stereocenters. The van der Waals surface area contributed by atoms with Gasteiger partial charge in [-0.2, -0.15) is 0 Å². The number of pyridine rings is 1. The Labute approximate surface area is 203 Å². The Morgan fingerprint density at radius 1 is 1.06 bits per heavy atom. The van der Waals surface area contributed by atoms with Gasteiger partial charge in [-0.05, 0) is 98.9 Å². The quantitative estimate of drug-likeness (QED) is 0.343. The highest BCUT2D eigenvalue weighted by Crippen LogP contribution is 2.39. The molecule has 34 heavy (non-hydrogen) atoms. The van der Waals surface area contributed by atoms with Crippen LogP contribution in [0, 0.1) is 18.7 Å². The average Bonchev–Trinajstić information content (AvgIpc) is 3.30. The largest absolute Gasteiger partial charge is 0.349 e. The Balaban J connectivity index is 1.20. The van der Waals surface area contributed by atoms with Crippen LogP contribution in [0.3, 0.4) is 0 Å². The van der Waals surface area contributed by atoms with Crippen LogP contribution in [0.1, 0.15) is 59.5 Å². The van der Waals surface area contributed by atoms with Gasteiger partial charge in [0, 0.05) is 29.4 Å². The molecule has 1 aliphatic carbocycles. The second-order valence-electron chi connectivity index (χ2n) is 9.26. The summed E-state index contributed by atoms with van der Waals surface area (Å²) in [7, 11) is 0. The highest BCUT2D eigenvalue weighted by atomic mass is 32.1. The second kappa shape index (κ2) is 9.63. The number of hydrogen-bond donors (Lipinski definition) is 1. The molecule has 0 radical (unpaired) electrons. The Morgan fingerprint density at radius 2 is 1.82 bits per heavy atom. The normalized spacial score (nSPS) is 19.1. The van der Waals surface area contributed by atoms with E-state index in [0.29, 0.717) is 17.4 Å². The number of nitrogens with one attached hydrogen (secondary N) is 1. The van der Waals surface area contributed by atoms with Crippen molar-refractivity contribution in [1.82, 2.24) is 15.3 Å². The number of benzene rings is 2. The van der Waals surface area contributed by atoms with Crippen molar-refractivity contribution in [2.45, 2.75) is 51.5 Å². The molecule has 5 rings (SSSR count). The van der Waals surface area contributed by atoms with Crippen molar-refractivity contribution in [3.8, 4) is 10.4 Å². The van der Waals surface area contributed by atoms with Gasteiger partial charge in [0.25, 0.3) is 5.91 Å². The van der Waals surface area contributed by atoms with Crippen LogP contribution in [0.25, 0.3) is 21.3 Å². The Hall–Kier alpha value is -3.12. The number of halogens is 1. The predicted octanol–water partition coefficient (Wildman–Crippen LogP) is 6.90. The van der Waals surface area contributed by atoms with Crippen molar-refractivity contribution in [1.29, 1.82) is 0 Å². The van der Waals surface area contributed by atoms with Crippen molar-refractivity contribution in [2.24, 2.45) is 5.92 Å². The number of carbonyl (C=O) groups excluding carboxylic acids is 1. The van der Waals surface area contributed by atoms with Gasteiger partial charge in [-0.15, -0.1) is 11.3 Å². The Kier molecular flexibility index (Phi) is 6.42. The summed E-state index contributed by atoms with van der Waals surface area (Å²) in [5, 5.41) is 5.17. The topological polar surface area (TPSA) is 54.9 Å². The van der Waals surface area contributed by atoms with E-state index in [9.17, 15) is 9.18 Å². The molecular formula is C28H28FN3OS. The Morgan fingerprint density at radius 3 is 2.53 bits per heavy atom. The number of fused-ring (bicyclic) bond motifs is 1. The molecule has 0 bridgehead atoms. The van der Waals surface area contributed by atoms with Crippen LogP contribution < -0.4 is 5.32 Å². The van der Waals surface area contributed by atoms with Gasteiger partial charge >= 0.3 is 0 Å². The SMILES string of the molecule is Cc1ncc(-c2ccc(C(=O)N[C@H](C)C3CCC(c4ccnc5ccc(F)cc45)CC3)cc2)s1. The van der Waals surface area contributed by atoms with Gasteiger partial charge in [-0.3, -0.25) is 9.78 Å². The van der Waals surface area contributed by atoms with E-state index in [4.69, 9.17) is 0 Å².